The molecule has 2 heterocycles. The van der Waals surface area contributed by atoms with Crippen molar-refractivity contribution in [3.8, 4) is 17.2 Å². The standard InChI is InChI=1S/C14H19NO3/c1-2-13-14(18-10-17-13)9-12(1)16-8-5-11-3-6-15-7-4-11/h1-2,9,11,15H,3-8,10H2. The number of fused-ring (bicyclic) bond motifs is 1. The van der Waals surface area contributed by atoms with E-state index in [4.69, 9.17) is 14.2 Å². The van der Waals surface area contributed by atoms with Crippen molar-refractivity contribution >= 4 is 0 Å². The molecule has 1 fully saturated rings. The molecule has 0 spiro atoms. The Morgan fingerprint density at radius 1 is 1.17 bits per heavy atom. The largest absolute Gasteiger partial charge is 0.493 e. The summed E-state index contributed by atoms with van der Waals surface area (Å²) in [7, 11) is 0. The first-order chi connectivity index (χ1) is 8.92. The molecule has 1 saturated heterocycles. The van der Waals surface area contributed by atoms with Crippen LogP contribution in [0.25, 0.3) is 0 Å². The van der Waals surface area contributed by atoms with Crippen molar-refractivity contribution in [3.05, 3.63) is 18.2 Å². The minimum Gasteiger partial charge on any atom is -0.493 e. The van der Waals surface area contributed by atoms with Gasteiger partial charge >= 0.3 is 0 Å². The molecule has 0 atom stereocenters. The first-order valence-electron chi connectivity index (χ1n) is 6.65. The van der Waals surface area contributed by atoms with Gasteiger partial charge in [0.25, 0.3) is 0 Å². The van der Waals surface area contributed by atoms with Gasteiger partial charge in [-0.05, 0) is 50.4 Å². The average molecular weight is 249 g/mol. The highest BCUT2D eigenvalue weighted by molar-refractivity contribution is 5.46. The lowest BCUT2D eigenvalue weighted by Gasteiger charge is -2.22. The molecule has 0 bridgehead atoms. The Bertz CT molecular complexity index is 402. The second kappa shape index (κ2) is 5.48. The molecule has 1 aromatic rings. The Morgan fingerprint density at radius 3 is 2.89 bits per heavy atom. The average Bonchev–Trinajstić information content (AvgIpc) is 2.87. The van der Waals surface area contributed by atoms with E-state index in [0.29, 0.717) is 6.79 Å². The van der Waals surface area contributed by atoms with Crippen LogP contribution in [0.15, 0.2) is 18.2 Å². The third-order valence-electron chi connectivity index (χ3n) is 3.60. The van der Waals surface area contributed by atoms with Crippen LogP contribution in [0.3, 0.4) is 0 Å². The summed E-state index contributed by atoms with van der Waals surface area (Å²) in [5.41, 5.74) is 0. The molecule has 3 rings (SSSR count). The highest BCUT2D eigenvalue weighted by Gasteiger charge is 2.15. The zero-order valence-corrected chi connectivity index (χ0v) is 10.5. The quantitative estimate of drug-likeness (QED) is 0.888. The van der Waals surface area contributed by atoms with Crippen molar-refractivity contribution in [2.45, 2.75) is 19.3 Å². The van der Waals surface area contributed by atoms with Gasteiger partial charge in [0.1, 0.15) is 5.75 Å². The number of piperidine rings is 1. The summed E-state index contributed by atoms with van der Waals surface area (Å²) >= 11 is 0. The van der Waals surface area contributed by atoms with E-state index in [0.717, 1.165) is 49.3 Å². The zero-order chi connectivity index (χ0) is 12.2. The second-order valence-electron chi connectivity index (χ2n) is 4.85. The van der Waals surface area contributed by atoms with E-state index in [9.17, 15) is 0 Å². The van der Waals surface area contributed by atoms with Gasteiger partial charge in [-0.15, -0.1) is 0 Å². The Balaban J connectivity index is 1.48. The molecule has 2 aliphatic rings. The van der Waals surface area contributed by atoms with Gasteiger partial charge in [-0.3, -0.25) is 0 Å². The van der Waals surface area contributed by atoms with Gasteiger partial charge in [0.05, 0.1) is 6.61 Å². The van der Waals surface area contributed by atoms with Crippen molar-refractivity contribution in [2.75, 3.05) is 26.5 Å². The third kappa shape index (κ3) is 2.70. The summed E-state index contributed by atoms with van der Waals surface area (Å²) in [4.78, 5) is 0. The minimum atomic E-state index is 0.313. The maximum absolute atomic E-state index is 5.78. The molecule has 0 unspecified atom stereocenters. The molecule has 0 amide bonds. The number of rotatable bonds is 4. The van der Waals surface area contributed by atoms with Crippen LogP contribution < -0.4 is 19.5 Å². The van der Waals surface area contributed by atoms with Gasteiger partial charge in [-0.2, -0.15) is 0 Å². The van der Waals surface area contributed by atoms with Crippen LogP contribution in [-0.2, 0) is 0 Å². The van der Waals surface area contributed by atoms with Gasteiger partial charge in [0, 0.05) is 6.07 Å². The van der Waals surface area contributed by atoms with Crippen LogP contribution >= 0.6 is 0 Å². The summed E-state index contributed by atoms with van der Waals surface area (Å²) in [5.74, 6) is 3.27. The molecule has 98 valence electrons. The van der Waals surface area contributed by atoms with Crippen LogP contribution in [0.2, 0.25) is 0 Å². The van der Waals surface area contributed by atoms with Crippen molar-refractivity contribution in [1.29, 1.82) is 0 Å². The Labute approximate surface area is 107 Å². The minimum absolute atomic E-state index is 0.313. The Morgan fingerprint density at radius 2 is 2.00 bits per heavy atom. The van der Waals surface area contributed by atoms with E-state index in [1.807, 2.05) is 18.2 Å². The van der Waals surface area contributed by atoms with Crippen LogP contribution in [-0.4, -0.2) is 26.5 Å². The lowest BCUT2D eigenvalue weighted by atomic mass is 9.95. The molecule has 0 radical (unpaired) electrons. The smallest absolute Gasteiger partial charge is 0.231 e. The predicted molar refractivity (Wildman–Crippen MR) is 68.3 cm³/mol. The summed E-state index contributed by atoms with van der Waals surface area (Å²) < 4.78 is 16.4. The Hall–Kier alpha value is -1.42. The van der Waals surface area contributed by atoms with E-state index in [2.05, 4.69) is 5.32 Å². The summed E-state index contributed by atoms with van der Waals surface area (Å²) in [6.07, 6.45) is 3.67. The van der Waals surface area contributed by atoms with Gasteiger partial charge in [-0.25, -0.2) is 0 Å². The van der Waals surface area contributed by atoms with Gasteiger partial charge in [-0.1, -0.05) is 0 Å². The molecule has 1 N–H and O–H groups in total. The molecule has 2 aliphatic heterocycles. The van der Waals surface area contributed by atoms with E-state index < -0.39 is 0 Å². The number of hydrogen-bond donors (Lipinski definition) is 1. The molecule has 18 heavy (non-hydrogen) atoms. The fraction of sp³-hybridized carbons (Fsp3) is 0.571. The molecule has 0 aliphatic carbocycles. The number of ether oxygens (including phenoxy) is 3. The van der Waals surface area contributed by atoms with Crippen molar-refractivity contribution < 1.29 is 14.2 Å². The lowest BCUT2D eigenvalue weighted by Crippen LogP contribution is -2.28. The first kappa shape index (κ1) is 11.7. The summed E-state index contributed by atoms with van der Waals surface area (Å²) in [5, 5.41) is 3.38. The predicted octanol–water partition coefficient (Wildman–Crippen LogP) is 2.18. The molecule has 0 aromatic heterocycles. The van der Waals surface area contributed by atoms with Crippen LogP contribution in [0.4, 0.5) is 0 Å². The number of hydrogen-bond acceptors (Lipinski definition) is 4. The van der Waals surface area contributed by atoms with Crippen molar-refractivity contribution in [1.82, 2.24) is 5.32 Å². The monoisotopic (exact) mass is 249 g/mol. The van der Waals surface area contributed by atoms with Crippen molar-refractivity contribution in [3.63, 3.8) is 0 Å². The van der Waals surface area contributed by atoms with E-state index in [1.165, 1.54) is 12.8 Å². The van der Waals surface area contributed by atoms with Gasteiger partial charge < -0.3 is 19.5 Å². The normalized spacial score (nSPS) is 18.9. The molecule has 4 nitrogen and oxygen atoms in total. The lowest BCUT2D eigenvalue weighted by molar-refractivity contribution is 0.173. The van der Waals surface area contributed by atoms with E-state index in [1.54, 1.807) is 0 Å². The van der Waals surface area contributed by atoms with Crippen LogP contribution in [0.1, 0.15) is 19.3 Å². The fourth-order valence-corrected chi connectivity index (χ4v) is 2.48. The maximum atomic E-state index is 5.78. The first-order valence-corrected chi connectivity index (χ1v) is 6.65. The maximum Gasteiger partial charge on any atom is 0.231 e. The molecule has 1 aromatic carbocycles. The zero-order valence-electron chi connectivity index (χ0n) is 10.5. The van der Waals surface area contributed by atoms with Crippen LogP contribution in [0, 0.1) is 5.92 Å². The van der Waals surface area contributed by atoms with Crippen LogP contribution in [0.5, 0.6) is 17.2 Å². The number of nitrogens with one attached hydrogen (secondary N) is 1. The molecular formula is C14H19NO3. The second-order valence-corrected chi connectivity index (χ2v) is 4.85. The Kier molecular flexibility index (Phi) is 3.55. The third-order valence-corrected chi connectivity index (χ3v) is 3.60. The topological polar surface area (TPSA) is 39.7 Å². The summed E-state index contributed by atoms with van der Waals surface area (Å²) in [6.45, 7) is 3.39. The van der Waals surface area contributed by atoms with E-state index in [-0.39, 0.29) is 0 Å². The fourth-order valence-electron chi connectivity index (χ4n) is 2.48. The van der Waals surface area contributed by atoms with E-state index >= 15 is 0 Å². The van der Waals surface area contributed by atoms with Gasteiger partial charge in [0.2, 0.25) is 6.79 Å². The highest BCUT2D eigenvalue weighted by Crippen LogP contribution is 2.35. The SMILES string of the molecule is c1cc2c(cc1OCCC1CCNCC1)OCO2. The molecule has 4 heteroatoms. The highest BCUT2D eigenvalue weighted by atomic mass is 16.7. The van der Waals surface area contributed by atoms with Gasteiger partial charge in [0.15, 0.2) is 11.5 Å². The van der Waals surface area contributed by atoms with Crippen molar-refractivity contribution in [2.24, 2.45) is 5.92 Å². The molecular weight excluding hydrogens is 230 g/mol. The number of benzene rings is 1. The molecule has 0 saturated carbocycles. The summed E-state index contributed by atoms with van der Waals surface area (Å²) in [6, 6.07) is 5.75.